The maximum Gasteiger partial charge on any atom is 0.246 e. The Bertz CT molecular complexity index is 603. The van der Waals surface area contributed by atoms with Crippen LogP contribution in [0.3, 0.4) is 0 Å². The highest BCUT2D eigenvalue weighted by Gasteiger charge is 2.08. The summed E-state index contributed by atoms with van der Waals surface area (Å²) >= 11 is 6.06. The number of nitrogens with zero attached hydrogens (tertiary/aromatic N) is 3. The predicted octanol–water partition coefficient (Wildman–Crippen LogP) is 2.48. The molecule has 0 aromatic carbocycles. The summed E-state index contributed by atoms with van der Waals surface area (Å²) < 4.78 is 1.85. The molecule has 2 heterocycles. The van der Waals surface area contributed by atoms with E-state index in [2.05, 4.69) is 4.98 Å². The lowest BCUT2D eigenvalue weighted by Gasteiger charge is -2.10. The van der Waals surface area contributed by atoms with Gasteiger partial charge in [0.2, 0.25) is 5.91 Å². The Morgan fingerprint density at radius 2 is 2.33 bits per heavy atom. The molecule has 4 nitrogen and oxygen atoms in total. The van der Waals surface area contributed by atoms with E-state index in [0.29, 0.717) is 17.4 Å². The van der Waals surface area contributed by atoms with Crippen LogP contribution in [0.15, 0.2) is 30.5 Å². The van der Waals surface area contributed by atoms with Crippen LogP contribution in [0.1, 0.15) is 12.6 Å². The number of amides is 1. The first-order valence-electron chi connectivity index (χ1n) is 5.69. The number of rotatable bonds is 3. The maximum atomic E-state index is 11.7. The molecule has 0 fully saturated rings. The second-order valence-corrected chi connectivity index (χ2v) is 4.26. The van der Waals surface area contributed by atoms with Crippen molar-refractivity contribution in [2.24, 2.45) is 0 Å². The Morgan fingerprint density at radius 3 is 3.06 bits per heavy atom. The number of carbonyl (C=O) groups is 1. The molecule has 2 aromatic heterocycles. The number of carbonyl (C=O) groups excluding carboxylic acids is 1. The minimum atomic E-state index is -0.0561. The number of fused-ring (bicyclic) bond motifs is 1. The molecule has 1 amide bonds. The lowest BCUT2D eigenvalue weighted by molar-refractivity contribution is -0.124. The Kier molecular flexibility index (Phi) is 3.67. The zero-order chi connectivity index (χ0) is 13.1. The van der Waals surface area contributed by atoms with Crippen LogP contribution in [-0.4, -0.2) is 33.8 Å². The minimum absolute atomic E-state index is 0.0561. The molecule has 2 rings (SSSR count). The first kappa shape index (κ1) is 12.6. The largest absolute Gasteiger partial charge is 0.343 e. The van der Waals surface area contributed by atoms with Crippen molar-refractivity contribution in [2.75, 3.05) is 13.6 Å². The standard InChI is InChI=1S/C13H14ClN3O/c1-3-16(2)12(18)8-7-10-13(14)15-11-6-4-5-9-17(10)11/h4-9H,3H2,1-2H3/b8-7+. The van der Waals surface area contributed by atoms with Gasteiger partial charge in [0.1, 0.15) is 5.65 Å². The van der Waals surface area contributed by atoms with Crippen LogP contribution in [0.5, 0.6) is 0 Å². The van der Waals surface area contributed by atoms with Crippen molar-refractivity contribution in [2.45, 2.75) is 6.92 Å². The summed E-state index contributed by atoms with van der Waals surface area (Å²) in [5.74, 6) is -0.0561. The average Bonchev–Trinajstić information content (AvgIpc) is 2.70. The molecule has 0 N–H and O–H groups in total. The average molecular weight is 264 g/mol. The van der Waals surface area contributed by atoms with Gasteiger partial charge in [-0.1, -0.05) is 17.7 Å². The summed E-state index contributed by atoms with van der Waals surface area (Å²) in [6, 6.07) is 5.65. The molecule has 0 atom stereocenters. The molecule has 0 saturated carbocycles. The number of hydrogen-bond acceptors (Lipinski definition) is 2. The molecule has 18 heavy (non-hydrogen) atoms. The minimum Gasteiger partial charge on any atom is -0.343 e. The fourth-order valence-corrected chi connectivity index (χ4v) is 1.81. The summed E-state index contributed by atoms with van der Waals surface area (Å²) in [5, 5.41) is 0.393. The van der Waals surface area contributed by atoms with Gasteiger partial charge in [-0.25, -0.2) is 4.98 Å². The van der Waals surface area contributed by atoms with Gasteiger partial charge in [-0.2, -0.15) is 0 Å². The Labute approximate surface area is 110 Å². The molecule has 0 bridgehead atoms. The normalized spacial score (nSPS) is 11.3. The fourth-order valence-electron chi connectivity index (χ4n) is 1.57. The highest BCUT2D eigenvalue weighted by molar-refractivity contribution is 6.31. The highest BCUT2D eigenvalue weighted by atomic mass is 35.5. The number of halogens is 1. The second kappa shape index (κ2) is 5.23. The molecule has 0 radical (unpaired) electrons. The summed E-state index contributed by atoms with van der Waals surface area (Å²) in [6.45, 7) is 2.59. The van der Waals surface area contributed by atoms with E-state index in [-0.39, 0.29) is 5.91 Å². The number of pyridine rings is 1. The predicted molar refractivity (Wildman–Crippen MR) is 72.5 cm³/mol. The fraction of sp³-hybridized carbons (Fsp3) is 0.231. The molecule has 0 spiro atoms. The maximum absolute atomic E-state index is 11.7. The third-order valence-electron chi connectivity index (χ3n) is 2.76. The van der Waals surface area contributed by atoms with Crippen LogP contribution >= 0.6 is 11.6 Å². The first-order chi connectivity index (χ1) is 8.63. The summed E-state index contributed by atoms with van der Waals surface area (Å²) in [7, 11) is 1.75. The van der Waals surface area contributed by atoms with Gasteiger partial charge in [0.05, 0.1) is 5.69 Å². The van der Waals surface area contributed by atoms with Gasteiger partial charge in [-0.3, -0.25) is 9.20 Å². The van der Waals surface area contributed by atoms with Crippen molar-refractivity contribution in [3.05, 3.63) is 41.3 Å². The van der Waals surface area contributed by atoms with E-state index < -0.39 is 0 Å². The summed E-state index contributed by atoms with van der Waals surface area (Å²) in [4.78, 5) is 17.5. The Morgan fingerprint density at radius 1 is 1.56 bits per heavy atom. The molecule has 0 aliphatic carbocycles. The van der Waals surface area contributed by atoms with E-state index in [0.717, 1.165) is 5.65 Å². The molecular formula is C13H14ClN3O. The second-order valence-electron chi connectivity index (χ2n) is 3.90. The topological polar surface area (TPSA) is 37.6 Å². The molecule has 0 aliphatic heterocycles. The zero-order valence-corrected chi connectivity index (χ0v) is 11.1. The Balaban J connectivity index is 2.34. The van der Waals surface area contributed by atoms with Gasteiger partial charge in [-0.05, 0) is 25.1 Å². The van der Waals surface area contributed by atoms with Crippen LogP contribution in [0, 0.1) is 0 Å². The van der Waals surface area contributed by atoms with Crippen LogP contribution in [-0.2, 0) is 4.79 Å². The number of aromatic nitrogens is 2. The number of imidazole rings is 1. The lowest BCUT2D eigenvalue weighted by atomic mass is 10.3. The van der Waals surface area contributed by atoms with E-state index in [9.17, 15) is 4.79 Å². The summed E-state index contributed by atoms with van der Waals surface area (Å²) in [5.41, 5.74) is 1.48. The number of likely N-dealkylation sites (N-methyl/N-ethyl adjacent to an activating group) is 1. The first-order valence-corrected chi connectivity index (χ1v) is 6.07. The van der Waals surface area contributed by atoms with Gasteiger partial charge >= 0.3 is 0 Å². The smallest absolute Gasteiger partial charge is 0.246 e. The molecule has 0 unspecified atom stereocenters. The third kappa shape index (κ3) is 2.38. The zero-order valence-electron chi connectivity index (χ0n) is 10.3. The van der Waals surface area contributed by atoms with Crippen molar-refractivity contribution >= 4 is 29.2 Å². The number of hydrogen-bond donors (Lipinski definition) is 0. The van der Waals surface area contributed by atoms with Gasteiger partial charge in [0.25, 0.3) is 0 Å². The molecule has 0 aliphatic rings. The molecule has 94 valence electrons. The monoisotopic (exact) mass is 263 g/mol. The van der Waals surface area contributed by atoms with Crippen LogP contribution in [0.25, 0.3) is 11.7 Å². The quantitative estimate of drug-likeness (QED) is 0.798. The van der Waals surface area contributed by atoms with Crippen LogP contribution in [0.4, 0.5) is 0 Å². The van der Waals surface area contributed by atoms with E-state index in [1.54, 1.807) is 18.0 Å². The van der Waals surface area contributed by atoms with Gasteiger partial charge < -0.3 is 4.90 Å². The SMILES string of the molecule is CCN(C)C(=O)/C=C/c1c(Cl)nc2ccccn12. The van der Waals surface area contributed by atoms with Gasteiger partial charge in [0.15, 0.2) is 5.15 Å². The van der Waals surface area contributed by atoms with Crippen molar-refractivity contribution in [1.29, 1.82) is 0 Å². The third-order valence-corrected chi connectivity index (χ3v) is 3.03. The molecule has 5 heteroatoms. The molecular weight excluding hydrogens is 250 g/mol. The van der Waals surface area contributed by atoms with Gasteiger partial charge in [0, 0.05) is 25.9 Å². The van der Waals surface area contributed by atoms with Gasteiger partial charge in [-0.15, -0.1) is 0 Å². The summed E-state index contributed by atoms with van der Waals surface area (Å²) in [6.07, 6.45) is 5.06. The van der Waals surface area contributed by atoms with E-state index in [1.165, 1.54) is 6.08 Å². The van der Waals surface area contributed by atoms with Crippen molar-refractivity contribution in [1.82, 2.24) is 14.3 Å². The lowest BCUT2D eigenvalue weighted by Crippen LogP contribution is -2.23. The molecule has 0 saturated heterocycles. The van der Waals surface area contributed by atoms with Crippen LogP contribution in [0.2, 0.25) is 5.15 Å². The Hall–Kier alpha value is -1.81. The van der Waals surface area contributed by atoms with Crippen LogP contribution < -0.4 is 0 Å². The van der Waals surface area contributed by atoms with Crippen molar-refractivity contribution in [3.8, 4) is 0 Å². The van der Waals surface area contributed by atoms with E-state index in [1.807, 2.05) is 35.7 Å². The molecule has 2 aromatic rings. The van der Waals surface area contributed by atoms with Crippen molar-refractivity contribution in [3.63, 3.8) is 0 Å². The highest BCUT2D eigenvalue weighted by Crippen LogP contribution is 2.18. The van der Waals surface area contributed by atoms with E-state index >= 15 is 0 Å². The van der Waals surface area contributed by atoms with Crippen molar-refractivity contribution < 1.29 is 4.79 Å². The van der Waals surface area contributed by atoms with E-state index in [4.69, 9.17) is 11.6 Å².